The molecule has 0 radical (unpaired) electrons. The SMILES string of the molecule is Cc1ccc(CN(C)C(=O)c2nc(-c3cccs3)n(-c3ccccc3)n2)o1. The van der Waals surface area contributed by atoms with E-state index in [4.69, 9.17) is 4.42 Å². The topological polar surface area (TPSA) is 64.2 Å². The van der Waals surface area contributed by atoms with E-state index in [9.17, 15) is 4.79 Å². The number of carbonyl (C=O) groups is 1. The average Bonchev–Trinajstić information content (AvgIpc) is 3.42. The van der Waals surface area contributed by atoms with Gasteiger partial charge in [-0.15, -0.1) is 16.4 Å². The molecule has 3 heterocycles. The van der Waals surface area contributed by atoms with Gasteiger partial charge in [-0.3, -0.25) is 4.79 Å². The van der Waals surface area contributed by atoms with Gasteiger partial charge in [-0.2, -0.15) is 0 Å². The van der Waals surface area contributed by atoms with E-state index in [-0.39, 0.29) is 11.7 Å². The first-order valence-corrected chi connectivity index (χ1v) is 9.37. The van der Waals surface area contributed by atoms with Crippen LogP contribution >= 0.6 is 11.3 Å². The standard InChI is InChI=1S/C20H18N4O2S/c1-14-10-11-16(26-14)13-23(2)20(25)18-21-19(17-9-6-12-27-17)24(22-18)15-7-4-3-5-8-15/h3-12H,13H2,1-2H3. The summed E-state index contributed by atoms with van der Waals surface area (Å²) in [5.74, 6) is 2.10. The van der Waals surface area contributed by atoms with Gasteiger partial charge in [0.1, 0.15) is 11.5 Å². The smallest absolute Gasteiger partial charge is 0.293 e. The van der Waals surface area contributed by atoms with E-state index in [0.717, 1.165) is 22.1 Å². The van der Waals surface area contributed by atoms with Crippen LogP contribution in [0.2, 0.25) is 0 Å². The largest absolute Gasteiger partial charge is 0.464 e. The molecule has 0 saturated carbocycles. The van der Waals surface area contributed by atoms with Crippen molar-refractivity contribution in [3.8, 4) is 16.4 Å². The predicted octanol–water partition coefficient (Wildman–Crippen LogP) is 4.17. The van der Waals surface area contributed by atoms with Crippen LogP contribution < -0.4 is 0 Å². The summed E-state index contributed by atoms with van der Waals surface area (Å²) in [5, 5.41) is 6.47. The minimum Gasteiger partial charge on any atom is -0.464 e. The second-order valence-corrected chi connectivity index (χ2v) is 7.10. The van der Waals surface area contributed by atoms with E-state index >= 15 is 0 Å². The molecule has 0 aliphatic carbocycles. The molecule has 6 nitrogen and oxygen atoms in total. The van der Waals surface area contributed by atoms with Crippen LogP contribution in [-0.2, 0) is 6.54 Å². The Morgan fingerprint density at radius 1 is 1.15 bits per heavy atom. The van der Waals surface area contributed by atoms with Gasteiger partial charge >= 0.3 is 0 Å². The number of nitrogens with zero attached hydrogens (tertiary/aromatic N) is 4. The van der Waals surface area contributed by atoms with Crippen LogP contribution in [0.15, 0.2) is 64.4 Å². The molecule has 1 amide bonds. The van der Waals surface area contributed by atoms with Gasteiger partial charge < -0.3 is 9.32 Å². The van der Waals surface area contributed by atoms with E-state index in [0.29, 0.717) is 12.4 Å². The first kappa shape index (κ1) is 17.2. The Labute approximate surface area is 160 Å². The van der Waals surface area contributed by atoms with Crippen molar-refractivity contribution in [3.63, 3.8) is 0 Å². The fourth-order valence-electron chi connectivity index (χ4n) is 2.76. The van der Waals surface area contributed by atoms with E-state index in [1.54, 1.807) is 28.0 Å². The van der Waals surface area contributed by atoms with Gasteiger partial charge in [0.25, 0.3) is 5.91 Å². The number of hydrogen-bond donors (Lipinski definition) is 0. The van der Waals surface area contributed by atoms with Crippen molar-refractivity contribution in [2.75, 3.05) is 7.05 Å². The third-order valence-corrected chi connectivity index (χ3v) is 4.94. The molecule has 3 aromatic heterocycles. The van der Waals surface area contributed by atoms with Gasteiger partial charge in [0.2, 0.25) is 5.82 Å². The Morgan fingerprint density at radius 2 is 1.96 bits per heavy atom. The number of para-hydroxylation sites is 1. The van der Waals surface area contributed by atoms with Crippen LogP contribution in [-0.4, -0.2) is 32.6 Å². The zero-order valence-electron chi connectivity index (χ0n) is 15.0. The van der Waals surface area contributed by atoms with Gasteiger partial charge in [-0.1, -0.05) is 24.3 Å². The lowest BCUT2D eigenvalue weighted by Gasteiger charge is -2.13. The number of aryl methyl sites for hydroxylation is 1. The summed E-state index contributed by atoms with van der Waals surface area (Å²) in [6, 6.07) is 17.4. The highest BCUT2D eigenvalue weighted by atomic mass is 32.1. The maximum Gasteiger partial charge on any atom is 0.293 e. The molecule has 0 aliphatic rings. The van der Waals surface area contributed by atoms with Gasteiger partial charge in [0.15, 0.2) is 5.82 Å². The quantitative estimate of drug-likeness (QED) is 0.523. The lowest BCUT2D eigenvalue weighted by atomic mass is 10.3. The maximum atomic E-state index is 12.9. The van der Waals surface area contributed by atoms with E-state index in [1.165, 1.54) is 0 Å². The molecule has 0 N–H and O–H groups in total. The Hall–Kier alpha value is -3.19. The number of furan rings is 1. The van der Waals surface area contributed by atoms with Crippen molar-refractivity contribution in [2.45, 2.75) is 13.5 Å². The lowest BCUT2D eigenvalue weighted by Crippen LogP contribution is -2.27. The predicted molar refractivity (Wildman–Crippen MR) is 104 cm³/mol. The molecule has 0 unspecified atom stereocenters. The highest BCUT2D eigenvalue weighted by Gasteiger charge is 2.22. The lowest BCUT2D eigenvalue weighted by molar-refractivity contribution is 0.0763. The van der Waals surface area contributed by atoms with Crippen LogP contribution in [0, 0.1) is 6.92 Å². The molecule has 4 aromatic rings. The fourth-order valence-corrected chi connectivity index (χ4v) is 3.46. The molecule has 0 spiro atoms. The van der Waals surface area contributed by atoms with Crippen LogP contribution in [0.4, 0.5) is 0 Å². The molecule has 0 saturated heterocycles. The second-order valence-electron chi connectivity index (χ2n) is 6.16. The normalized spacial score (nSPS) is 10.9. The number of rotatable bonds is 5. The summed E-state index contributed by atoms with van der Waals surface area (Å²) in [5.41, 5.74) is 0.858. The monoisotopic (exact) mass is 378 g/mol. The van der Waals surface area contributed by atoms with Crippen molar-refractivity contribution in [3.05, 3.63) is 77.3 Å². The van der Waals surface area contributed by atoms with Crippen LogP contribution in [0.1, 0.15) is 22.1 Å². The van der Waals surface area contributed by atoms with Gasteiger partial charge in [-0.05, 0) is 42.6 Å². The molecule has 1 aromatic carbocycles. The molecular weight excluding hydrogens is 360 g/mol. The zero-order valence-corrected chi connectivity index (χ0v) is 15.8. The van der Waals surface area contributed by atoms with Crippen LogP contribution in [0.25, 0.3) is 16.4 Å². The molecular formula is C20H18N4O2S. The Balaban J connectivity index is 1.68. The third-order valence-electron chi connectivity index (χ3n) is 4.08. The second kappa shape index (κ2) is 7.20. The Morgan fingerprint density at radius 3 is 2.63 bits per heavy atom. The number of benzene rings is 1. The summed E-state index contributed by atoms with van der Waals surface area (Å²) in [6.45, 7) is 2.24. The van der Waals surface area contributed by atoms with E-state index in [2.05, 4.69) is 10.1 Å². The van der Waals surface area contributed by atoms with Crippen LogP contribution in [0.5, 0.6) is 0 Å². The van der Waals surface area contributed by atoms with E-state index in [1.807, 2.05) is 66.9 Å². The fraction of sp³-hybridized carbons (Fsp3) is 0.150. The van der Waals surface area contributed by atoms with Crippen molar-refractivity contribution in [2.24, 2.45) is 0 Å². The summed E-state index contributed by atoms with van der Waals surface area (Å²) in [6.07, 6.45) is 0. The van der Waals surface area contributed by atoms with Gasteiger partial charge in [-0.25, -0.2) is 9.67 Å². The van der Waals surface area contributed by atoms with Crippen molar-refractivity contribution in [1.29, 1.82) is 0 Å². The third kappa shape index (κ3) is 3.54. The first-order valence-electron chi connectivity index (χ1n) is 8.49. The molecule has 0 aliphatic heterocycles. The van der Waals surface area contributed by atoms with Crippen LogP contribution in [0.3, 0.4) is 0 Å². The van der Waals surface area contributed by atoms with Crippen molar-refractivity contribution in [1.82, 2.24) is 19.7 Å². The number of hydrogen-bond acceptors (Lipinski definition) is 5. The summed E-state index contributed by atoms with van der Waals surface area (Å²) >= 11 is 1.56. The molecule has 4 rings (SSSR count). The van der Waals surface area contributed by atoms with Crippen molar-refractivity contribution < 1.29 is 9.21 Å². The molecule has 0 bridgehead atoms. The summed E-state index contributed by atoms with van der Waals surface area (Å²) < 4.78 is 7.27. The minimum atomic E-state index is -0.253. The number of thiophene rings is 1. The first-order chi connectivity index (χ1) is 13.1. The van der Waals surface area contributed by atoms with Crippen molar-refractivity contribution >= 4 is 17.2 Å². The van der Waals surface area contributed by atoms with Gasteiger partial charge in [0, 0.05) is 7.05 Å². The summed E-state index contributed by atoms with van der Waals surface area (Å²) in [4.78, 5) is 19.9. The summed E-state index contributed by atoms with van der Waals surface area (Å²) in [7, 11) is 1.72. The maximum absolute atomic E-state index is 12.9. The number of amides is 1. The highest BCUT2D eigenvalue weighted by molar-refractivity contribution is 7.13. The Kier molecular flexibility index (Phi) is 4.60. The highest BCUT2D eigenvalue weighted by Crippen LogP contribution is 2.25. The van der Waals surface area contributed by atoms with E-state index < -0.39 is 0 Å². The minimum absolute atomic E-state index is 0.160. The zero-order chi connectivity index (χ0) is 18.8. The number of aromatic nitrogens is 3. The molecule has 0 atom stereocenters. The molecule has 27 heavy (non-hydrogen) atoms. The average molecular weight is 378 g/mol. The molecule has 136 valence electrons. The Bertz CT molecular complexity index is 1050. The molecule has 0 fully saturated rings. The van der Waals surface area contributed by atoms with Gasteiger partial charge in [0.05, 0.1) is 17.1 Å². The molecule has 7 heteroatoms. The number of carbonyl (C=O) groups excluding carboxylic acids is 1.